The number of fused-ring (bicyclic) bond motifs is 3. The molecule has 5 heteroatoms. The minimum atomic E-state index is -1.02. The lowest BCUT2D eigenvalue weighted by molar-refractivity contribution is -0.130. The number of nitrogens with zero attached hydrogens (tertiary/aromatic N) is 1. The van der Waals surface area contributed by atoms with Crippen molar-refractivity contribution in [3.05, 3.63) is 64.7 Å². The molecule has 0 saturated heterocycles. The smallest absolute Gasteiger partial charge is 0.249 e. The zero-order valence-corrected chi connectivity index (χ0v) is 17.3. The first kappa shape index (κ1) is 19.9. The van der Waals surface area contributed by atoms with Gasteiger partial charge in [0.15, 0.2) is 0 Å². The highest BCUT2D eigenvalue weighted by atomic mass is 16.3. The number of benzene rings is 2. The molecule has 154 valence electrons. The summed E-state index contributed by atoms with van der Waals surface area (Å²) in [6, 6.07) is 15.0. The van der Waals surface area contributed by atoms with E-state index in [-0.39, 0.29) is 11.8 Å². The summed E-state index contributed by atoms with van der Waals surface area (Å²) in [5.41, 5.74) is 6.14. The molecule has 5 nitrogen and oxygen atoms in total. The lowest BCUT2D eigenvalue weighted by Gasteiger charge is -2.34. The van der Waals surface area contributed by atoms with Crippen molar-refractivity contribution in [3.63, 3.8) is 0 Å². The fourth-order valence-electron chi connectivity index (χ4n) is 4.69. The van der Waals surface area contributed by atoms with Crippen LogP contribution >= 0.6 is 0 Å². The predicted octanol–water partition coefficient (Wildman–Crippen LogP) is 3.05. The van der Waals surface area contributed by atoms with Crippen molar-refractivity contribution in [3.8, 4) is 0 Å². The Morgan fingerprint density at radius 1 is 1.24 bits per heavy atom. The number of unbranched alkanes of at least 4 members (excludes halogenated alkanes) is 1. The second-order valence-electron chi connectivity index (χ2n) is 8.33. The van der Waals surface area contributed by atoms with E-state index in [2.05, 4.69) is 72.0 Å². The summed E-state index contributed by atoms with van der Waals surface area (Å²) in [7, 11) is 2.15. The summed E-state index contributed by atoms with van der Waals surface area (Å²) in [5, 5.41) is 17.1. The number of anilines is 1. The topological polar surface area (TPSA) is 64.6 Å². The van der Waals surface area contributed by atoms with Gasteiger partial charge in [-0.25, -0.2) is 0 Å². The average molecular weight is 394 g/mol. The van der Waals surface area contributed by atoms with E-state index in [1.54, 1.807) is 0 Å². The van der Waals surface area contributed by atoms with Crippen LogP contribution in [0.3, 0.4) is 0 Å². The highest BCUT2D eigenvalue weighted by Crippen LogP contribution is 2.43. The largest absolute Gasteiger partial charge is 0.384 e. The fourth-order valence-corrected chi connectivity index (χ4v) is 4.69. The van der Waals surface area contributed by atoms with Gasteiger partial charge < -0.3 is 20.6 Å². The number of hydrogen-bond acceptors (Lipinski definition) is 4. The predicted molar refractivity (Wildman–Crippen MR) is 116 cm³/mol. The SMILES string of the molecule is CCCCNC(=O)C(O)C1CNc2c1ccc1c2CN(C)CC1c1ccccc1. The van der Waals surface area contributed by atoms with Crippen molar-refractivity contribution in [2.24, 2.45) is 0 Å². The van der Waals surface area contributed by atoms with E-state index in [4.69, 9.17) is 0 Å². The molecule has 0 spiro atoms. The van der Waals surface area contributed by atoms with Gasteiger partial charge in [0.1, 0.15) is 6.10 Å². The summed E-state index contributed by atoms with van der Waals surface area (Å²) in [6.45, 7) is 5.16. The average Bonchev–Trinajstić information content (AvgIpc) is 3.18. The summed E-state index contributed by atoms with van der Waals surface area (Å²) >= 11 is 0. The van der Waals surface area contributed by atoms with Crippen LogP contribution in [-0.2, 0) is 11.3 Å². The Morgan fingerprint density at radius 3 is 2.76 bits per heavy atom. The van der Waals surface area contributed by atoms with Crippen molar-refractivity contribution >= 4 is 11.6 Å². The highest BCUT2D eigenvalue weighted by Gasteiger charge is 2.36. The Labute approximate surface area is 173 Å². The van der Waals surface area contributed by atoms with Gasteiger partial charge in [-0.05, 0) is 35.7 Å². The molecule has 0 saturated carbocycles. The third kappa shape index (κ3) is 3.89. The summed E-state index contributed by atoms with van der Waals surface area (Å²) in [4.78, 5) is 14.7. The lowest BCUT2D eigenvalue weighted by Crippen LogP contribution is -2.39. The van der Waals surface area contributed by atoms with Gasteiger partial charge in [0, 0.05) is 43.7 Å². The molecule has 2 aromatic rings. The van der Waals surface area contributed by atoms with Crippen LogP contribution in [0.1, 0.15) is 53.9 Å². The Kier molecular flexibility index (Phi) is 5.88. The number of carbonyl (C=O) groups is 1. The van der Waals surface area contributed by atoms with Gasteiger partial charge in [-0.3, -0.25) is 4.79 Å². The summed E-state index contributed by atoms with van der Waals surface area (Å²) < 4.78 is 0. The zero-order valence-electron chi connectivity index (χ0n) is 17.3. The normalized spacial score (nSPS) is 21.8. The molecule has 3 N–H and O–H groups in total. The zero-order chi connectivity index (χ0) is 20.4. The van der Waals surface area contributed by atoms with Crippen molar-refractivity contribution in [2.45, 2.75) is 44.2 Å². The molecule has 1 amide bonds. The van der Waals surface area contributed by atoms with Crippen molar-refractivity contribution in [1.29, 1.82) is 0 Å². The van der Waals surface area contributed by atoms with Crippen LogP contribution in [0.2, 0.25) is 0 Å². The van der Waals surface area contributed by atoms with Crippen LogP contribution < -0.4 is 10.6 Å². The quantitative estimate of drug-likeness (QED) is 0.660. The summed E-state index contributed by atoms with van der Waals surface area (Å²) in [5.74, 6) is -0.146. The van der Waals surface area contributed by atoms with Gasteiger partial charge in [0.25, 0.3) is 0 Å². The molecule has 2 heterocycles. The molecule has 3 unspecified atom stereocenters. The first-order chi connectivity index (χ1) is 14.1. The molecule has 2 aliphatic rings. The van der Waals surface area contributed by atoms with E-state index in [0.717, 1.165) is 37.2 Å². The van der Waals surface area contributed by atoms with Crippen LogP contribution in [0.25, 0.3) is 0 Å². The van der Waals surface area contributed by atoms with E-state index in [1.165, 1.54) is 16.7 Å². The van der Waals surface area contributed by atoms with Crippen LogP contribution in [0, 0.1) is 0 Å². The summed E-state index contributed by atoms with van der Waals surface area (Å²) in [6.07, 6.45) is 0.926. The van der Waals surface area contributed by atoms with Crippen LogP contribution in [-0.4, -0.2) is 48.7 Å². The van der Waals surface area contributed by atoms with E-state index in [9.17, 15) is 9.90 Å². The molecular weight excluding hydrogens is 362 g/mol. The number of hydrogen-bond donors (Lipinski definition) is 3. The molecule has 0 aromatic heterocycles. The molecule has 2 aliphatic heterocycles. The molecule has 0 fully saturated rings. The Hall–Kier alpha value is -2.37. The number of aliphatic hydroxyl groups is 1. The maximum absolute atomic E-state index is 12.4. The maximum atomic E-state index is 12.4. The Bertz CT molecular complexity index is 868. The number of likely N-dealkylation sites (N-methyl/N-ethyl adjacent to an activating group) is 1. The molecule has 0 radical (unpaired) electrons. The standard InChI is InChI=1S/C24H31N3O2/c1-3-4-12-25-24(29)23(28)19-13-26-22-18(19)11-10-17-20(14-27(2)15-21(17)22)16-8-6-5-7-9-16/h5-11,19-20,23,26,28H,3-4,12-15H2,1-2H3,(H,25,29). The van der Waals surface area contributed by atoms with Crippen LogP contribution in [0.4, 0.5) is 5.69 Å². The third-order valence-electron chi connectivity index (χ3n) is 6.26. The molecule has 29 heavy (non-hydrogen) atoms. The Morgan fingerprint density at radius 2 is 2.00 bits per heavy atom. The van der Waals surface area contributed by atoms with Gasteiger partial charge >= 0.3 is 0 Å². The molecule has 0 bridgehead atoms. The first-order valence-electron chi connectivity index (χ1n) is 10.7. The molecule has 4 rings (SSSR count). The van der Waals surface area contributed by atoms with Crippen LogP contribution in [0.15, 0.2) is 42.5 Å². The van der Waals surface area contributed by atoms with E-state index in [1.807, 2.05) is 0 Å². The van der Waals surface area contributed by atoms with Crippen molar-refractivity contribution < 1.29 is 9.90 Å². The first-order valence-corrected chi connectivity index (χ1v) is 10.7. The van der Waals surface area contributed by atoms with Gasteiger partial charge in [-0.1, -0.05) is 55.8 Å². The number of nitrogens with one attached hydrogen (secondary N) is 2. The third-order valence-corrected chi connectivity index (χ3v) is 6.26. The number of aliphatic hydroxyl groups excluding tert-OH is 1. The number of rotatable bonds is 6. The highest BCUT2D eigenvalue weighted by molar-refractivity contribution is 5.83. The molecular formula is C24H31N3O2. The molecule has 0 aliphatic carbocycles. The van der Waals surface area contributed by atoms with Gasteiger partial charge in [0.2, 0.25) is 5.91 Å². The van der Waals surface area contributed by atoms with Crippen molar-refractivity contribution in [2.75, 3.05) is 32.0 Å². The van der Waals surface area contributed by atoms with Crippen LogP contribution in [0.5, 0.6) is 0 Å². The van der Waals surface area contributed by atoms with Gasteiger partial charge in [-0.15, -0.1) is 0 Å². The number of amides is 1. The monoisotopic (exact) mass is 393 g/mol. The second-order valence-corrected chi connectivity index (χ2v) is 8.33. The van der Waals surface area contributed by atoms with Gasteiger partial charge in [-0.2, -0.15) is 0 Å². The molecule has 3 atom stereocenters. The minimum Gasteiger partial charge on any atom is -0.384 e. The second kappa shape index (κ2) is 8.56. The minimum absolute atomic E-state index is 0.209. The van der Waals surface area contributed by atoms with E-state index in [0.29, 0.717) is 19.0 Å². The van der Waals surface area contributed by atoms with E-state index < -0.39 is 6.10 Å². The van der Waals surface area contributed by atoms with Gasteiger partial charge in [0.05, 0.1) is 0 Å². The Balaban J connectivity index is 1.62. The van der Waals surface area contributed by atoms with E-state index >= 15 is 0 Å². The fraction of sp³-hybridized carbons (Fsp3) is 0.458. The lowest BCUT2D eigenvalue weighted by atomic mass is 9.82. The molecule has 2 aromatic carbocycles. The van der Waals surface area contributed by atoms with Crippen molar-refractivity contribution in [1.82, 2.24) is 10.2 Å². The number of carbonyl (C=O) groups excluding carboxylic acids is 1. The maximum Gasteiger partial charge on any atom is 0.249 e.